The molecule has 3 rings (SSSR count). The lowest BCUT2D eigenvalue weighted by atomic mass is 9.87. The molecule has 2 aromatic carbocycles. The summed E-state index contributed by atoms with van der Waals surface area (Å²) in [6.45, 7) is 8.09. The highest BCUT2D eigenvalue weighted by molar-refractivity contribution is 5.90. The van der Waals surface area contributed by atoms with Crippen molar-refractivity contribution < 1.29 is 9.32 Å². The van der Waals surface area contributed by atoms with Gasteiger partial charge in [-0.05, 0) is 37.5 Å². The Morgan fingerprint density at radius 1 is 1.04 bits per heavy atom. The number of nitrogens with zero attached hydrogens (tertiary/aromatic N) is 1. The Hall–Kier alpha value is -2.62. The molecule has 1 heterocycles. The molecule has 0 aliphatic carbocycles. The average molecular weight is 336 g/mol. The Balaban J connectivity index is 1.92. The summed E-state index contributed by atoms with van der Waals surface area (Å²) in [7, 11) is 0. The maximum absolute atomic E-state index is 13.1. The Morgan fingerprint density at radius 3 is 2.36 bits per heavy atom. The van der Waals surface area contributed by atoms with E-state index in [0.717, 1.165) is 10.9 Å². The second kappa shape index (κ2) is 6.71. The predicted molar refractivity (Wildman–Crippen MR) is 99.2 cm³/mol. The summed E-state index contributed by atoms with van der Waals surface area (Å²) < 4.78 is 5.42. The fraction of sp³-hybridized carbons (Fsp3) is 0.333. The van der Waals surface area contributed by atoms with Crippen molar-refractivity contribution in [2.75, 3.05) is 0 Å². The van der Waals surface area contributed by atoms with Gasteiger partial charge >= 0.3 is 0 Å². The van der Waals surface area contributed by atoms with Crippen molar-refractivity contribution in [1.82, 2.24) is 10.5 Å². The van der Waals surface area contributed by atoms with Gasteiger partial charge in [-0.1, -0.05) is 61.5 Å². The van der Waals surface area contributed by atoms with Crippen molar-refractivity contribution in [1.29, 1.82) is 0 Å². The van der Waals surface area contributed by atoms with Crippen LogP contribution >= 0.6 is 0 Å². The van der Waals surface area contributed by atoms with Crippen molar-refractivity contribution in [3.8, 4) is 0 Å². The van der Waals surface area contributed by atoms with E-state index in [9.17, 15) is 4.79 Å². The van der Waals surface area contributed by atoms with Gasteiger partial charge in [0.05, 0.1) is 11.5 Å². The minimum atomic E-state index is -0.467. The normalized spacial score (nSPS) is 13.2. The Labute approximate surface area is 148 Å². The van der Waals surface area contributed by atoms with Gasteiger partial charge in [-0.15, -0.1) is 0 Å². The molecule has 0 bridgehead atoms. The number of amides is 1. The highest BCUT2D eigenvalue weighted by atomic mass is 16.5. The first-order chi connectivity index (χ1) is 11.9. The van der Waals surface area contributed by atoms with Crippen LogP contribution in [0.2, 0.25) is 0 Å². The van der Waals surface area contributed by atoms with Gasteiger partial charge in [0, 0.05) is 5.39 Å². The summed E-state index contributed by atoms with van der Waals surface area (Å²) in [5.74, 6) is -0.311. The Morgan fingerprint density at radius 2 is 1.68 bits per heavy atom. The van der Waals surface area contributed by atoms with E-state index in [-0.39, 0.29) is 17.7 Å². The summed E-state index contributed by atoms with van der Waals surface area (Å²) in [5.41, 5.74) is 2.01. The van der Waals surface area contributed by atoms with E-state index in [1.165, 1.54) is 0 Å². The molecule has 1 unspecified atom stereocenters. The number of aromatic nitrogens is 1. The quantitative estimate of drug-likeness (QED) is 0.740. The lowest BCUT2D eigenvalue weighted by Gasteiger charge is -2.30. The summed E-state index contributed by atoms with van der Waals surface area (Å²) >= 11 is 0. The lowest BCUT2D eigenvalue weighted by molar-refractivity contribution is -0.125. The zero-order valence-electron chi connectivity index (χ0n) is 15.1. The maximum atomic E-state index is 13.1. The van der Waals surface area contributed by atoms with E-state index in [1.54, 1.807) is 0 Å². The summed E-state index contributed by atoms with van der Waals surface area (Å²) in [6.07, 6.45) is 0. The topological polar surface area (TPSA) is 55.1 Å². The molecule has 0 saturated heterocycles. The fourth-order valence-corrected chi connectivity index (χ4v) is 3.19. The van der Waals surface area contributed by atoms with Crippen LogP contribution in [0.1, 0.15) is 44.9 Å². The summed E-state index contributed by atoms with van der Waals surface area (Å²) in [6, 6.07) is 17.6. The van der Waals surface area contributed by atoms with Crippen LogP contribution in [0, 0.1) is 5.92 Å². The zero-order chi connectivity index (χ0) is 18.0. The van der Waals surface area contributed by atoms with Crippen molar-refractivity contribution in [2.24, 2.45) is 5.92 Å². The number of rotatable bonds is 5. The van der Waals surface area contributed by atoms with Crippen LogP contribution in [0.3, 0.4) is 0 Å². The second-order valence-electron chi connectivity index (χ2n) is 7.27. The van der Waals surface area contributed by atoms with Gasteiger partial charge in [0.1, 0.15) is 5.69 Å². The molecule has 130 valence electrons. The van der Waals surface area contributed by atoms with Gasteiger partial charge in [0.25, 0.3) is 0 Å². The van der Waals surface area contributed by atoms with Gasteiger partial charge in [-0.3, -0.25) is 4.79 Å². The van der Waals surface area contributed by atoms with Crippen LogP contribution in [0.25, 0.3) is 11.0 Å². The molecule has 0 spiro atoms. The molecule has 1 atom stereocenters. The van der Waals surface area contributed by atoms with E-state index < -0.39 is 5.54 Å². The molecule has 0 aliphatic rings. The number of para-hydroxylation sites is 1. The molecule has 1 amide bonds. The molecule has 4 heteroatoms. The van der Waals surface area contributed by atoms with Gasteiger partial charge in [0.15, 0.2) is 5.58 Å². The predicted octanol–water partition coefficient (Wildman–Crippen LogP) is 4.62. The fourth-order valence-electron chi connectivity index (χ4n) is 3.19. The number of carbonyl (C=O) groups is 1. The number of benzene rings is 2. The van der Waals surface area contributed by atoms with Crippen molar-refractivity contribution in [2.45, 2.75) is 39.2 Å². The van der Waals surface area contributed by atoms with Crippen LogP contribution < -0.4 is 5.32 Å². The van der Waals surface area contributed by atoms with Crippen LogP contribution in [0.5, 0.6) is 0 Å². The first kappa shape index (κ1) is 17.2. The maximum Gasteiger partial charge on any atom is 0.230 e. The molecule has 4 nitrogen and oxygen atoms in total. The summed E-state index contributed by atoms with van der Waals surface area (Å²) in [5, 5.41) is 8.29. The van der Waals surface area contributed by atoms with Gasteiger partial charge in [0.2, 0.25) is 5.91 Å². The Bertz CT molecular complexity index is 866. The third-order valence-corrected chi connectivity index (χ3v) is 4.58. The zero-order valence-corrected chi connectivity index (χ0v) is 15.1. The molecule has 25 heavy (non-hydrogen) atoms. The standard InChI is InChI=1S/C21H24N2O2/c1-14(2)18(19-16-12-8-9-13-17(16)25-23-19)20(24)22-21(3,4)15-10-6-5-7-11-15/h5-14,18H,1-4H3,(H,22,24). The number of fused-ring (bicyclic) bond motifs is 1. The second-order valence-corrected chi connectivity index (χ2v) is 7.27. The largest absolute Gasteiger partial charge is 0.356 e. The molecule has 3 aromatic rings. The number of carbonyl (C=O) groups excluding carboxylic acids is 1. The van der Waals surface area contributed by atoms with Crippen LogP contribution in [0.15, 0.2) is 59.1 Å². The SMILES string of the molecule is CC(C)C(C(=O)NC(C)(C)c1ccccc1)c1noc2ccccc12. The molecular weight excluding hydrogens is 312 g/mol. The van der Waals surface area contributed by atoms with E-state index in [1.807, 2.05) is 82.3 Å². The first-order valence-electron chi connectivity index (χ1n) is 8.62. The summed E-state index contributed by atoms with van der Waals surface area (Å²) in [4.78, 5) is 13.1. The van der Waals surface area contributed by atoms with Gasteiger partial charge in [-0.2, -0.15) is 0 Å². The van der Waals surface area contributed by atoms with Crippen LogP contribution in [-0.4, -0.2) is 11.1 Å². The van der Waals surface area contributed by atoms with Crippen molar-refractivity contribution >= 4 is 16.9 Å². The molecule has 0 saturated carbocycles. The molecule has 0 fully saturated rings. The van der Waals surface area contributed by atoms with E-state index in [4.69, 9.17) is 4.52 Å². The van der Waals surface area contributed by atoms with E-state index in [0.29, 0.717) is 11.3 Å². The molecule has 1 aromatic heterocycles. The minimum Gasteiger partial charge on any atom is -0.356 e. The number of nitrogens with one attached hydrogen (secondary N) is 1. The monoisotopic (exact) mass is 336 g/mol. The third kappa shape index (κ3) is 3.43. The molecule has 0 radical (unpaired) electrons. The minimum absolute atomic E-state index is 0.0390. The number of hydrogen-bond acceptors (Lipinski definition) is 3. The smallest absolute Gasteiger partial charge is 0.230 e. The molecular formula is C21H24N2O2. The van der Waals surface area contributed by atoms with Crippen LogP contribution in [0.4, 0.5) is 0 Å². The number of hydrogen-bond donors (Lipinski definition) is 1. The first-order valence-corrected chi connectivity index (χ1v) is 8.62. The Kier molecular flexibility index (Phi) is 4.62. The molecule has 0 aliphatic heterocycles. The van der Waals surface area contributed by atoms with E-state index in [2.05, 4.69) is 10.5 Å². The highest BCUT2D eigenvalue weighted by Gasteiger charge is 2.33. The van der Waals surface area contributed by atoms with Crippen molar-refractivity contribution in [3.63, 3.8) is 0 Å². The van der Waals surface area contributed by atoms with E-state index >= 15 is 0 Å². The molecule has 1 N–H and O–H groups in total. The van der Waals surface area contributed by atoms with Gasteiger partial charge < -0.3 is 9.84 Å². The average Bonchev–Trinajstić information content (AvgIpc) is 2.99. The van der Waals surface area contributed by atoms with Crippen LogP contribution in [-0.2, 0) is 10.3 Å². The van der Waals surface area contributed by atoms with Crippen molar-refractivity contribution in [3.05, 3.63) is 65.9 Å². The lowest BCUT2D eigenvalue weighted by Crippen LogP contribution is -2.44. The highest BCUT2D eigenvalue weighted by Crippen LogP contribution is 2.31. The third-order valence-electron chi connectivity index (χ3n) is 4.58. The van der Waals surface area contributed by atoms with Gasteiger partial charge in [-0.25, -0.2) is 0 Å².